The zero-order valence-corrected chi connectivity index (χ0v) is 10.1. The summed E-state index contributed by atoms with van der Waals surface area (Å²) in [5.41, 5.74) is 1.56. The molecule has 1 aliphatic carbocycles. The summed E-state index contributed by atoms with van der Waals surface area (Å²) in [6.07, 6.45) is 4.05. The summed E-state index contributed by atoms with van der Waals surface area (Å²) in [7, 11) is 0. The molecule has 1 heterocycles. The fraction of sp³-hybridized carbons (Fsp3) is 0.818. The third-order valence-corrected chi connectivity index (χ3v) is 4.67. The van der Waals surface area contributed by atoms with E-state index in [-0.39, 0.29) is 5.60 Å². The highest BCUT2D eigenvalue weighted by Crippen LogP contribution is 2.46. The van der Waals surface area contributed by atoms with Crippen molar-refractivity contribution in [3.8, 4) is 0 Å². The summed E-state index contributed by atoms with van der Waals surface area (Å²) in [4.78, 5) is 0. The van der Waals surface area contributed by atoms with Gasteiger partial charge in [-0.25, -0.2) is 0 Å². The summed E-state index contributed by atoms with van der Waals surface area (Å²) in [6, 6.07) is 0. The third kappa shape index (κ3) is 1.59. The molecule has 0 amide bonds. The fourth-order valence-corrected chi connectivity index (χ4v) is 2.94. The molecule has 0 aromatic rings. The monoisotopic (exact) mass is 244 g/mol. The van der Waals surface area contributed by atoms with Crippen LogP contribution in [0, 0.1) is 5.92 Å². The molecule has 1 aliphatic heterocycles. The fourth-order valence-electron chi connectivity index (χ4n) is 2.46. The third-order valence-electron chi connectivity index (χ3n) is 3.49. The molecule has 2 aliphatic rings. The van der Waals surface area contributed by atoms with Crippen molar-refractivity contribution in [3.05, 3.63) is 10.1 Å². The lowest BCUT2D eigenvalue weighted by Gasteiger charge is -2.28. The van der Waals surface area contributed by atoms with Crippen LogP contribution in [0.15, 0.2) is 10.1 Å². The Kier molecular flexibility index (Phi) is 2.31. The van der Waals surface area contributed by atoms with Crippen LogP contribution in [0.5, 0.6) is 0 Å². The Labute approximate surface area is 88.7 Å². The van der Waals surface area contributed by atoms with Crippen LogP contribution in [-0.4, -0.2) is 11.7 Å². The summed E-state index contributed by atoms with van der Waals surface area (Å²) < 4.78 is 7.34. The molecular weight excluding hydrogens is 228 g/mol. The second-order valence-electron chi connectivity index (χ2n) is 4.81. The molecule has 1 nitrogen and oxygen atoms in total. The van der Waals surface area contributed by atoms with Crippen molar-refractivity contribution in [2.75, 3.05) is 0 Å². The average Bonchev–Trinajstić information content (AvgIpc) is 2.28. The van der Waals surface area contributed by atoms with Crippen molar-refractivity contribution in [2.24, 2.45) is 5.92 Å². The molecule has 2 heteroatoms. The van der Waals surface area contributed by atoms with Gasteiger partial charge in [0, 0.05) is 4.48 Å². The smallest absolute Gasteiger partial charge is 0.0899 e. The molecule has 0 saturated carbocycles. The van der Waals surface area contributed by atoms with Gasteiger partial charge in [0.1, 0.15) is 0 Å². The van der Waals surface area contributed by atoms with Crippen molar-refractivity contribution in [2.45, 2.75) is 51.7 Å². The summed E-state index contributed by atoms with van der Waals surface area (Å²) in [5, 5.41) is 0. The number of ether oxygens (including phenoxy) is 1. The highest BCUT2D eigenvalue weighted by molar-refractivity contribution is 9.11. The zero-order chi connectivity index (χ0) is 9.64. The first-order valence-electron chi connectivity index (χ1n) is 5.03. The SMILES string of the molecule is CC1=C(Br)C2CC(CC1)C(C)(C)O2. The molecular formula is C11H17BrO. The normalized spacial score (nSPS) is 37.8. The van der Waals surface area contributed by atoms with Crippen LogP contribution in [-0.2, 0) is 4.74 Å². The van der Waals surface area contributed by atoms with E-state index < -0.39 is 0 Å². The first-order valence-corrected chi connectivity index (χ1v) is 5.83. The Morgan fingerprint density at radius 1 is 1.46 bits per heavy atom. The number of fused-ring (bicyclic) bond motifs is 2. The Bertz CT molecular complexity index is 255. The molecule has 0 spiro atoms. The van der Waals surface area contributed by atoms with Gasteiger partial charge in [0.2, 0.25) is 0 Å². The van der Waals surface area contributed by atoms with Gasteiger partial charge in [0.05, 0.1) is 11.7 Å². The highest BCUT2D eigenvalue weighted by Gasteiger charge is 2.43. The van der Waals surface area contributed by atoms with E-state index in [1.165, 1.54) is 29.3 Å². The van der Waals surface area contributed by atoms with Crippen LogP contribution >= 0.6 is 15.9 Å². The number of halogens is 1. The Morgan fingerprint density at radius 2 is 2.15 bits per heavy atom. The minimum absolute atomic E-state index is 0.0877. The highest BCUT2D eigenvalue weighted by atomic mass is 79.9. The molecule has 2 atom stereocenters. The van der Waals surface area contributed by atoms with Crippen molar-refractivity contribution in [3.63, 3.8) is 0 Å². The van der Waals surface area contributed by atoms with Crippen LogP contribution in [0.25, 0.3) is 0 Å². The average molecular weight is 245 g/mol. The maximum absolute atomic E-state index is 6.03. The summed E-state index contributed by atoms with van der Waals surface area (Å²) >= 11 is 3.66. The first-order chi connectivity index (χ1) is 6.00. The lowest BCUT2D eigenvalue weighted by molar-refractivity contribution is -0.0191. The topological polar surface area (TPSA) is 9.23 Å². The molecule has 2 bridgehead atoms. The van der Waals surface area contributed by atoms with E-state index in [2.05, 4.69) is 36.7 Å². The maximum Gasteiger partial charge on any atom is 0.0899 e. The van der Waals surface area contributed by atoms with Gasteiger partial charge in [-0.2, -0.15) is 0 Å². The summed E-state index contributed by atoms with van der Waals surface area (Å²) in [5.74, 6) is 0.738. The Balaban J connectivity index is 2.28. The van der Waals surface area contributed by atoms with Crippen molar-refractivity contribution < 1.29 is 4.74 Å². The van der Waals surface area contributed by atoms with Crippen LogP contribution < -0.4 is 0 Å². The minimum Gasteiger partial charge on any atom is -0.367 e. The minimum atomic E-state index is 0.0877. The second kappa shape index (κ2) is 3.09. The van der Waals surface area contributed by atoms with E-state index in [9.17, 15) is 0 Å². The largest absolute Gasteiger partial charge is 0.367 e. The van der Waals surface area contributed by atoms with Crippen molar-refractivity contribution >= 4 is 15.9 Å². The van der Waals surface area contributed by atoms with Gasteiger partial charge in [-0.1, -0.05) is 21.5 Å². The summed E-state index contributed by atoms with van der Waals surface area (Å²) in [6.45, 7) is 6.65. The van der Waals surface area contributed by atoms with Crippen molar-refractivity contribution in [1.82, 2.24) is 0 Å². The van der Waals surface area contributed by atoms with E-state index in [0.29, 0.717) is 6.10 Å². The lowest BCUT2D eigenvalue weighted by atomic mass is 9.87. The van der Waals surface area contributed by atoms with E-state index >= 15 is 0 Å². The first kappa shape index (κ1) is 9.72. The van der Waals surface area contributed by atoms with Crippen LogP contribution in [0.1, 0.15) is 40.0 Å². The number of rotatable bonds is 0. The second-order valence-corrected chi connectivity index (χ2v) is 5.66. The van der Waals surface area contributed by atoms with Gasteiger partial charge in [-0.15, -0.1) is 0 Å². The standard InChI is InChI=1S/C11H17BrO/c1-7-4-5-8-6-9(10(7)12)13-11(8,2)3/h8-9H,4-6H2,1-3H3. The Hall–Kier alpha value is 0.180. The van der Waals surface area contributed by atoms with Gasteiger partial charge >= 0.3 is 0 Å². The zero-order valence-electron chi connectivity index (χ0n) is 8.56. The van der Waals surface area contributed by atoms with Crippen LogP contribution in [0.3, 0.4) is 0 Å². The van der Waals surface area contributed by atoms with Gasteiger partial charge in [0.15, 0.2) is 0 Å². The lowest BCUT2D eigenvalue weighted by Crippen LogP contribution is -2.28. The number of allylic oxidation sites excluding steroid dienone is 1. The van der Waals surface area contributed by atoms with Gasteiger partial charge < -0.3 is 4.74 Å². The van der Waals surface area contributed by atoms with Gasteiger partial charge in [0.25, 0.3) is 0 Å². The molecule has 1 saturated heterocycles. The molecule has 1 fully saturated rings. The van der Waals surface area contributed by atoms with Crippen LogP contribution in [0.4, 0.5) is 0 Å². The predicted molar refractivity (Wildman–Crippen MR) is 57.9 cm³/mol. The molecule has 13 heavy (non-hydrogen) atoms. The molecule has 2 rings (SSSR count). The van der Waals surface area contributed by atoms with E-state index in [4.69, 9.17) is 4.74 Å². The molecule has 2 unspecified atom stereocenters. The molecule has 0 aromatic carbocycles. The van der Waals surface area contributed by atoms with E-state index in [1.54, 1.807) is 0 Å². The molecule has 0 N–H and O–H groups in total. The molecule has 74 valence electrons. The number of hydrogen-bond acceptors (Lipinski definition) is 1. The van der Waals surface area contributed by atoms with E-state index in [1.807, 2.05) is 0 Å². The molecule has 0 aromatic heterocycles. The quantitative estimate of drug-likeness (QED) is 0.633. The van der Waals surface area contributed by atoms with E-state index in [0.717, 1.165) is 5.92 Å². The number of hydrogen-bond donors (Lipinski definition) is 0. The Morgan fingerprint density at radius 3 is 2.85 bits per heavy atom. The van der Waals surface area contributed by atoms with Crippen molar-refractivity contribution in [1.29, 1.82) is 0 Å². The molecule has 0 radical (unpaired) electrons. The van der Waals surface area contributed by atoms with Gasteiger partial charge in [-0.05, 0) is 46.0 Å². The van der Waals surface area contributed by atoms with Crippen LogP contribution in [0.2, 0.25) is 0 Å². The maximum atomic E-state index is 6.03. The predicted octanol–water partition coefficient (Wildman–Crippen LogP) is 3.63. The van der Waals surface area contributed by atoms with Gasteiger partial charge in [-0.3, -0.25) is 0 Å².